The number of hydrogen-bond donors (Lipinski definition) is 0. The standard InChI is InChI=1S/C14H13BrN2O2/c1-9(2)13(17(18)19)8-10-5-6-12(15)11-4-3-7-16-14(10)11/h3-9H,1-2H3/b13-8-. The van der Waals surface area contributed by atoms with Crippen LogP contribution in [0.15, 0.2) is 40.6 Å². The van der Waals surface area contributed by atoms with E-state index in [4.69, 9.17) is 0 Å². The van der Waals surface area contributed by atoms with E-state index < -0.39 is 0 Å². The van der Waals surface area contributed by atoms with Gasteiger partial charge in [-0.15, -0.1) is 0 Å². The molecular weight excluding hydrogens is 308 g/mol. The minimum Gasteiger partial charge on any atom is -0.259 e. The molecule has 0 aliphatic carbocycles. The van der Waals surface area contributed by atoms with Crippen molar-refractivity contribution in [1.82, 2.24) is 4.98 Å². The van der Waals surface area contributed by atoms with Crippen LogP contribution in [0.25, 0.3) is 17.0 Å². The average Bonchev–Trinajstić information content (AvgIpc) is 2.37. The lowest BCUT2D eigenvalue weighted by Gasteiger charge is -2.05. The monoisotopic (exact) mass is 320 g/mol. The number of pyridine rings is 1. The smallest absolute Gasteiger partial charge is 0.249 e. The number of benzene rings is 1. The molecule has 2 aromatic rings. The van der Waals surface area contributed by atoms with Crippen LogP contribution < -0.4 is 0 Å². The summed E-state index contributed by atoms with van der Waals surface area (Å²) in [4.78, 5) is 15.0. The second kappa shape index (κ2) is 5.48. The zero-order chi connectivity index (χ0) is 14.0. The molecule has 0 fully saturated rings. The van der Waals surface area contributed by atoms with Crippen molar-refractivity contribution in [3.8, 4) is 0 Å². The van der Waals surface area contributed by atoms with Gasteiger partial charge in [0.15, 0.2) is 0 Å². The Bertz CT molecular complexity index is 666. The maximum absolute atomic E-state index is 11.1. The van der Waals surface area contributed by atoms with Crippen LogP contribution in [0.4, 0.5) is 0 Å². The maximum Gasteiger partial charge on any atom is 0.249 e. The van der Waals surface area contributed by atoms with E-state index in [1.54, 1.807) is 12.3 Å². The highest BCUT2D eigenvalue weighted by atomic mass is 79.9. The van der Waals surface area contributed by atoms with Crippen LogP contribution in [0.5, 0.6) is 0 Å². The van der Waals surface area contributed by atoms with Crippen LogP contribution >= 0.6 is 15.9 Å². The normalized spacial score (nSPS) is 12.1. The van der Waals surface area contributed by atoms with Gasteiger partial charge in [0.2, 0.25) is 5.70 Å². The fourth-order valence-electron chi connectivity index (χ4n) is 1.87. The Labute approximate surface area is 119 Å². The molecular formula is C14H13BrN2O2. The van der Waals surface area contributed by atoms with Crippen LogP contribution in [-0.4, -0.2) is 9.91 Å². The van der Waals surface area contributed by atoms with Gasteiger partial charge >= 0.3 is 0 Å². The largest absolute Gasteiger partial charge is 0.259 e. The van der Waals surface area contributed by atoms with E-state index >= 15 is 0 Å². The lowest BCUT2D eigenvalue weighted by molar-refractivity contribution is -0.431. The van der Waals surface area contributed by atoms with Gasteiger partial charge in [0.25, 0.3) is 0 Å². The Morgan fingerprint density at radius 1 is 1.42 bits per heavy atom. The molecule has 0 unspecified atom stereocenters. The molecule has 5 heteroatoms. The van der Waals surface area contributed by atoms with Gasteiger partial charge in [-0.25, -0.2) is 0 Å². The number of nitro groups is 1. The quantitative estimate of drug-likeness (QED) is 0.626. The molecule has 0 atom stereocenters. The molecule has 0 saturated carbocycles. The molecule has 0 radical (unpaired) electrons. The highest BCUT2D eigenvalue weighted by Gasteiger charge is 2.16. The van der Waals surface area contributed by atoms with Crippen molar-refractivity contribution in [2.24, 2.45) is 5.92 Å². The third-order valence-electron chi connectivity index (χ3n) is 2.85. The maximum atomic E-state index is 11.1. The number of allylic oxidation sites excluding steroid dienone is 1. The molecule has 0 aliphatic heterocycles. The predicted octanol–water partition coefficient (Wildman–Crippen LogP) is 4.27. The third kappa shape index (κ3) is 2.81. The van der Waals surface area contributed by atoms with Crippen molar-refractivity contribution in [3.63, 3.8) is 0 Å². The highest BCUT2D eigenvalue weighted by Crippen LogP contribution is 2.27. The Morgan fingerprint density at radius 2 is 2.16 bits per heavy atom. The third-order valence-corrected chi connectivity index (χ3v) is 3.54. The van der Waals surface area contributed by atoms with E-state index in [-0.39, 0.29) is 16.5 Å². The van der Waals surface area contributed by atoms with Gasteiger partial charge in [-0.2, -0.15) is 0 Å². The lowest BCUT2D eigenvalue weighted by Crippen LogP contribution is -2.05. The molecule has 0 spiro atoms. The zero-order valence-corrected chi connectivity index (χ0v) is 12.2. The fourth-order valence-corrected chi connectivity index (χ4v) is 2.32. The van der Waals surface area contributed by atoms with Crippen LogP contribution in [0.3, 0.4) is 0 Å². The molecule has 0 saturated heterocycles. The minimum atomic E-state index is -0.332. The van der Waals surface area contributed by atoms with Gasteiger partial charge in [-0.3, -0.25) is 15.1 Å². The number of hydrogen-bond acceptors (Lipinski definition) is 3. The Hall–Kier alpha value is -1.75. The van der Waals surface area contributed by atoms with E-state index in [9.17, 15) is 10.1 Å². The van der Waals surface area contributed by atoms with Crippen molar-refractivity contribution < 1.29 is 4.92 Å². The Balaban J connectivity index is 2.67. The summed E-state index contributed by atoms with van der Waals surface area (Å²) in [5, 5.41) is 12.0. The number of fused-ring (bicyclic) bond motifs is 1. The van der Waals surface area contributed by atoms with Crippen molar-refractivity contribution in [1.29, 1.82) is 0 Å². The first-order valence-electron chi connectivity index (χ1n) is 5.90. The summed E-state index contributed by atoms with van der Waals surface area (Å²) in [5.74, 6) is -0.141. The highest BCUT2D eigenvalue weighted by molar-refractivity contribution is 9.10. The predicted molar refractivity (Wildman–Crippen MR) is 79.3 cm³/mol. The van der Waals surface area contributed by atoms with Crippen LogP contribution in [0, 0.1) is 16.0 Å². The molecule has 4 nitrogen and oxygen atoms in total. The molecule has 0 bridgehead atoms. The molecule has 1 aromatic carbocycles. The summed E-state index contributed by atoms with van der Waals surface area (Å²) < 4.78 is 0.931. The number of rotatable bonds is 3. The van der Waals surface area contributed by atoms with E-state index in [0.29, 0.717) is 0 Å². The second-order valence-electron chi connectivity index (χ2n) is 4.52. The molecule has 19 heavy (non-hydrogen) atoms. The molecule has 2 rings (SSSR count). The van der Waals surface area contributed by atoms with Crippen LogP contribution in [-0.2, 0) is 0 Å². The van der Waals surface area contributed by atoms with Gasteiger partial charge < -0.3 is 0 Å². The number of halogens is 1. The van der Waals surface area contributed by atoms with E-state index in [2.05, 4.69) is 20.9 Å². The van der Waals surface area contributed by atoms with E-state index in [0.717, 1.165) is 20.9 Å². The van der Waals surface area contributed by atoms with E-state index in [1.807, 2.05) is 38.1 Å². The van der Waals surface area contributed by atoms with Crippen LogP contribution in [0.1, 0.15) is 19.4 Å². The van der Waals surface area contributed by atoms with Crippen molar-refractivity contribution in [2.75, 3.05) is 0 Å². The van der Waals surface area contributed by atoms with Gasteiger partial charge in [-0.05, 0) is 12.1 Å². The molecule has 1 aromatic heterocycles. The summed E-state index contributed by atoms with van der Waals surface area (Å²) in [6.45, 7) is 3.62. The summed E-state index contributed by atoms with van der Waals surface area (Å²) in [7, 11) is 0. The van der Waals surface area contributed by atoms with Crippen LogP contribution in [0.2, 0.25) is 0 Å². The molecule has 0 aliphatic rings. The first-order valence-corrected chi connectivity index (χ1v) is 6.69. The average molecular weight is 321 g/mol. The Morgan fingerprint density at radius 3 is 2.79 bits per heavy atom. The lowest BCUT2D eigenvalue weighted by atomic mass is 10.0. The minimum absolute atomic E-state index is 0.141. The summed E-state index contributed by atoms with van der Waals surface area (Å²) in [6, 6.07) is 7.50. The summed E-state index contributed by atoms with van der Waals surface area (Å²) in [5.41, 5.74) is 1.71. The Kier molecular flexibility index (Phi) is 3.95. The first kappa shape index (κ1) is 13.7. The van der Waals surface area contributed by atoms with Gasteiger partial charge in [0.05, 0.1) is 10.4 Å². The second-order valence-corrected chi connectivity index (χ2v) is 5.37. The number of nitrogens with zero attached hydrogens (tertiary/aromatic N) is 2. The molecule has 98 valence electrons. The van der Waals surface area contributed by atoms with Crippen molar-refractivity contribution >= 4 is 32.9 Å². The zero-order valence-electron chi connectivity index (χ0n) is 10.6. The molecule has 0 N–H and O–H groups in total. The van der Waals surface area contributed by atoms with E-state index in [1.165, 1.54) is 0 Å². The fraction of sp³-hybridized carbons (Fsp3) is 0.214. The topological polar surface area (TPSA) is 56.0 Å². The molecule has 1 heterocycles. The first-order chi connectivity index (χ1) is 9.00. The molecule has 0 amide bonds. The van der Waals surface area contributed by atoms with Gasteiger partial charge in [0, 0.05) is 33.6 Å². The van der Waals surface area contributed by atoms with Gasteiger partial charge in [0.1, 0.15) is 0 Å². The van der Waals surface area contributed by atoms with Crippen molar-refractivity contribution in [3.05, 3.63) is 56.3 Å². The summed E-state index contributed by atoms with van der Waals surface area (Å²) >= 11 is 3.46. The van der Waals surface area contributed by atoms with Crippen molar-refractivity contribution in [2.45, 2.75) is 13.8 Å². The SMILES string of the molecule is CC(C)/C(=C/c1ccc(Br)c2cccnc12)[N+](=O)[O-]. The van der Waals surface area contributed by atoms with Gasteiger partial charge in [-0.1, -0.05) is 41.9 Å². The summed E-state index contributed by atoms with van der Waals surface area (Å²) in [6.07, 6.45) is 3.29. The number of aromatic nitrogens is 1.